The summed E-state index contributed by atoms with van der Waals surface area (Å²) in [4.78, 5) is 12.0. The van der Waals surface area contributed by atoms with Gasteiger partial charge in [-0.1, -0.05) is 17.7 Å². The molecule has 2 amide bonds. The Morgan fingerprint density at radius 1 is 1.12 bits per heavy atom. The van der Waals surface area contributed by atoms with E-state index in [1.54, 1.807) is 5.32 Å². The highest BCUT2D eigenvalue weighted by molar-refractivity contribution is 6.30. The molecule has 0 radical (unpaired) electrons. The van der Waals surface area contributed by atoms with E-state index in [1.807, 2.05) is 0 Å². The molecule has 2 aromatic carbocycles. The molecule has 1 aliphatic rings. The van der Waals surface area contributed by atoms with Gasteiger partial charge in [0.15, 0.2) is 11.5 Å². The molecule has 5 nitrogen and oxygen atoms in total. The first-order chi connectivity index (χ1) is 12.1. The van der Waals surface area contributed by atoms with Crippen LogP contribution in [0.25, 0.3) is 0 Å². The maximum absolute atomic E-state index is 13.5. The second kappa shape index (κ2) is 6.24. The lowest BCUT2D eigenvalue weighted by Crippen LogP contribution is -2.65. The van der Waals surface area contributed by atoms with Crippen molar-refractivity contribution in [1.29, 1.82) is 0 Å². The first kappa shape index (κ1) is 18.1. The molecule has 3 rings (SSSR count). The minimum absolute atomic E-state index is 0.0403. The number of hydrogen-bond donors (Lipinski definition) is 2. The molecular formula is C16H11ClF4N2O3. The van der Waals surface area contributed by atoms with E-state index >= 15 is 0 Å². The number of carbonyl (C=O) groups excluding carboxylic acids is 1. The molecule has 2 N–H and O–H groups in total. The second-order valence-corrected chi connectivity index (χ2v) is 5.89. The van der Waals surface area contributed by atoms with Crippen LogP contribution in [0.1, 0.15) is 5.56 Å². The van der Waals surface area contributed by atoms with Crippen LogP contribution in [0.3, 0.4) is 0 Å². The van der Waals surface area contributed by atoms with Gasteiger partial charge in [0.1, 0.15) is 5.82 Å². The lowest BCUT2D eigenvalue weighted by atomic mass is 10.2. The third-order valence-electron chi connectivity index (χ3n) is 3.49. The molecule has 1 heterocycles. The molecule has 0 spiro atoms. The highest BCUT2D eigenvalue weighted by Crippen LogP contribution is 2.46. The molecule has 0 fully saturated rings. The van der Waals surface area contributed by atoms with Crippen molar-refractivity contribution in [2.24, 2.45) is 0 Å². The topological polar surface area (TPSA) is 59.6 Å². The van der Waals surface area contributed by atoms with Crippen LogP contribution in [-0.4, -0.2) is 18.1 Å². The Morgan fingerprint density at radius 3 is 2.46 bits per heavy atom. The fourth-order valence-corrected chi connectivity index (χ4v) is 2.36. The zero-order chi connectivity index (χ0) is 19.1. The van der Waals surface area contributed by atoms with E-state index in [4.69, 9.17) is 21.1 Å². The molecule has 2 aromatic rings. The molecule has 0 saturated carbocycles. The summed E-state index contributed by atoms with van der Waals surface area (Å²) >= 11 is 5.72. The van der Waals surface area contributed by atoms with E-state index in [2.05, 4.69) is 5.32 Å². The smallest absolute Gasteiger partial charge is 0.424 e. The Hall–Kier alpha value is -2.68. The monoisotopic (exact) mass is 390 g/mol. The first-order valence-electron chi connectivity index (χ1n) is 7.19. The van der Waals surface area contributed by atoms with Crippen LogP contribution in [0, 0.1) is 12.7 Å². The molecule has 138 valence electrons. The molecule has 26 heavy (non-hydrogen) atoms. The van der Waals surface area contributed by atoms with E-state index in [1.165, 1.54) is 31.2 Å². The molecule has 0 saturated heterocycles. The molecule has 1 atom stereocenters. The third-order valence-corrected chi connectivity index (χ3v) is 3.73. The van der Waals surface area contributed by atoms with E-state index in [0.717, 1.165) is 12.1 Å². The minimum Gasteiger partial charge on any atom is -0.424 e. The van der Waals surface area contributed by atoms with Gasteiger partial charge in [-0.2, -0.15) is 13.2 Å². The summed E-state index contributed by atoms with van der Waals surface area (Å²) in [6.45, 7) is 1.50. The number of amides is 2. The zero-order valence-electron chi connectivity index (χ0n) is 13.1. The average Bonchev–Trinajstić information content (AvgIpc) is 2.89. The predicted molar refractivity (Wildman–Crippen MR) is 84.8 cm³/mol. The maximum Gasteiger partial charge on any atom is 0.492 e. The number of carbonyl (C=O) groups is 1. The van der Waals surface area contributed by atoms with Gasteiger partial charge in [0.05, 0.1) is 0 Å². The first-order valence-corrected chi connectivity index (χ1v) is 7.57. The molecule has 0 bridgehead atoms. The number of hydrogen-bond acceptors (Lipinski definition) is 3. The van der Waals surface area contributed by atoms with Crippen LogP contribution in [0.5, 0.6) is 11.5 Å². The van der Waals surface area contributed by atoms with Gasteiger partial charge in [0.25, 0.3) is 0 Å². The Labute approximate surface area is 149 Å². The summed E-state index contributed by atoms with van der Waals surface area (Å²) in [5.41, 5.74) is 0.277. The van der Waals surface area contributed by atoms with Gasteiger partial charge in [-0.15, -0.1) is 0 Å². The molecule has 1 aliphatic heterocycles. The average molecular weight is 391 g/mol. The normalized spacial score (nSPS) is 18.5. The number of anilines is 1. The Bertz CT molecular complexity index is 875. The fourth-order valence-electron chi connectivity index (χ4n) is 2.20. The quantitative estimate of drug-likeness (QED) is 0.737. The molecule has 0 aromatic heterocycles. The van der Waals surface area contributed by atoms with Gasteiger partial charge in [-0.3, -0.25) is 5.32 Å². The van der Waals surface area contributed by atoms with Gasteiger partial charge >= 0.3 is 18.1 Å². The van der Waals surface area contributed by atoms with E-state index in [-0.39, 0.29) is 22.2 Å². The predicted octanol–water partition coefficient (Wildman–Crippen LogP) is 4.60. The number of urea groups is 1. The van der Waals surface area contributed by atoms with Gasteiger partial charge in [0.2, 0.25) is 0 Å². The van der Waals surface area contributed by atoms with Crippen molar-refractivity contribution in [3.63, 3.8) is 0 Å². The number of ether oxygens (including phenoxy) is 2. The Kier molecular flexibility index (Phi) is 4.35. The SMILES string of the molecule is Cc1ccc(NC(=O)N[C@]2(C(F)(F)F)Oc3ccc(Cl)cc3O2)cc1F. The van der Waals surface area contributed by atoms with Gasteiger partial charge in [0, 0.05) is 16.8 Å². The van der Waals surface area contributed by atoms with Crippen LogP contribution in [0.4, 0.5) is 28.0 Å². The standard InChI is InChI=1S/C16H11ClF4N2O3/c1-8-2-4-10(7-11(8)18)22-14(24)23-16(15(19,20)21)25-12-5-3-9(17)6-13(12)26-16/h2-7H,1H3,(H2,22,23,24)/t16-/m1/s1. The van der Waals surface area contributed by atoms with Crippen molar-refractivity contribution in [2.75, 3.05) is 5.32 Å². The molecule has 0 aliphatic carbocycles. The van der Waals surface area contributed by atoms with Crippen molar-refractivity contribution < 1.29 is 31.8 Å². The van der Waals surface area contributed by atoms with E-state index in [0.29, 0.717) is 5.56 Å². The summed E-state index contributed by atoms with van der Waals surface area (Å²) in [7, 11) is 0. The number of halogens is 5. The van der Waals surface area contributed by atoms with Crippen molar-refractivity contribution >= 4 is 23.3 Å². The lowest BCUT2D eigenvalue weighted by Gasteiger charge is -2.29. The lowest BCUT2D eigenvalue weighted by molar-refractivity contribution is -0.317. The van der Waals surface area contributed by atoms with Crippen molar-refractivity contribution in [1.82, 2.24) is 5.32 Å². The minimum atomic E-state index is -5.12. The van der Waals surface area contributed by atoms with Crippen molar-refractivity contribution in [3.8, 4) is 11.5 Å². The van der Waals surface area contributed by atoms with Crippen LogP contribution < -0.4 is 20.1 Å². The largest absolute Gasteiger partial charge is 0.492 e. The van der Waals surface area contributed by atoms with Crippen LogP contribution in [0.15, 0.2) is 36.4 Å². The summed E-state index contributed by atoms with van der Waals surface area (Å²) in [5, 5.41) is 3.82. The summed E-state index contributed by atoms with van der Waals surface area (Å²) in [6.07, 6.45) is -5.12. The Morgan fingerprint density at radius 2 is 1.81 bits per heavy atom. The molecular weight excluding hydrogens is 380 g/mol. The van der Waals surface area contributed by atoms with Crippen molar-refractivity contribution in [3.05, 3.63) is 52.8 Å². The number of rotatable bonds is 2. The summed E-state index contributed by atoms with van der Waals surface area (Å²) in [5.74, 6) is -4.58. The zero-order valence-corrected chi connectivity index (χ0v) is 13.8. The Balaban J connectivity index is 1.82. The number of nitrogens with one attached hydrogen (secondary N) is 2. The van der Waals surface area contributed by atoms with Gasteiger partial charge in [-0.25, -0.2) is 9.18 Å². The summed E-state index contributed by atoms with van der Waals surface area (Å²) < 4.78 is 63.7. The number of fused-ring (bicyclic) bond motifs is 1. The highest BCUT2D eigenvalue weighted by Gasteiger charge is 2.65. The van der Waals surface area contributed by atoms with Gasteiger partial charge in [-0.05, 0) is 36.8 Å². The fraction of sp³-hybridized carbons (Fsp3) is 0.188. The summed E-state index contributed by atoms with van der Waals surface area (Å²) in [6, 6.07) is 5.99. The second-order valence-electron chi connectivity index (χ2n) is 5.45. The number of alkyl halides is 3. The van der Waals surface area contributed by atoms with Crippen molar-refractivity contribution in [2.45, 2.75) is 19.0 Å². The van der Waals surface area contributed by atoms with Crippen LogP contribution in [-0.2, 0) is 0 Å². The number of benzene rings is 2. The molecule has 0 unspecified atom stereocenters. The van der Waals surface area contributed by atoms with E-state index < -0.39 is 23.9 Å². The van der Waals surface area contributed by atoms with Crippen LogP contribution in [0.2, 0.25) is 5.02 Å². The van der Waals surface area contributed by atoms with Crippen LogP contribution >= 0.6 is 11.6 Å². The maximum atomic E-state index is 13.5. The highest BCUT2D eigenvalue weighted by atomic mass is 35.5. The number of aryl methyl sites for hydroxylation is 1. The van der Waals surface area contributed by atoms with E-state index in [9.17, 15) is 22.4 Å². The van der Waals surface area contributed by atoms with Gasteiger partial charge < -0.3 is 14.8 Å². The molecule has 10 heteroatoms. The third kappa shape index (κ3) is 3.34.